The summed E-state index contributed by atoms with van der Waals surface area (Å²) in [6, 6.07) is 5.42. The Bertz CT molecular complexity index is 801. The first-order chi connectivity index (χ1) is 10.8. The van der Waals surface area contributed by atoms with Gasteiger partial charge < -0.3 is 10.6 Å². The fraction of sp³-hybridized carbons (Fsp3) is 0.267. The van der Waals surface area contributed by atoms with Crippen molar-refractivity contribution in [1.82, 2.24) is 24.7 Å². The molecule has 1 fully saturated rings. The van der Waals surface area contributed by atoms with Crippen LogP contribution in [0.3, 0.4) is 0 Å². The van der Waals surface area contributed by atoms with Gasteiger partial charge in [-0.2, -0.15) is 0 Å². The molecule has 2 atom stereocenters. The lowest BCUT2D eigenvalue weighted by atomic mass is 10.2. The molecular weight excluding hydrogens is 283 g/mol. The van der Waals surface area contributed by atoms with Gasteiger partial charge in [0, 0.05) is 25.5 Å². The molecule has 1 aliphatic heterocycles. The monoisotopic (exact) mass is 298 g/mol. The molecule has 22 heavy (non-hydrogen) atoms. The van der Waals surface area contributed by atoms with Crippen LogP contribution in [0.2, 0.25) is 0 Å². The van der Waals surface area contributed by atoms with Crippen LogP contribution in [-0.2, 0) is 0 Å². The zero-order chi connectivity index (χ0) is 14.9. The van der Waals surface area contributed by atoms with E-state index in [2.05, 4.69) is 25.6 Å². The summed E-state index contributed by atoms with van der Waals surface area (Å²) in [6.07, 6.45) is 6.12. The highest BCUT2D eigenvalue weighted by atomic mass is 19.1. The van der Waals surface area contributed by atoms with E-state index in [9.17, 15) is 4.39 Å². The van der Waals surface area contributed by atoms with Gasteiger partial charge in [0.1, 0.15) is 12.0 Å². The predicted octanol–water partition coefficient (Wildman–Crippen LogP) is 1.51. The minimum atomic E-state index is -0.896. The number of anilines is 1. The smallest absolute Gasteiger partial charge is 0.155 e. The molecule has 4 heterocycles. The van der Waals surface area contributed by atoms with Crippen molar-refractivity contribution in [1.29, 1.82) is 0 Å². The van der Waals surface area contributed by atoms with Gasteiger partial charge in [0.25, 0.3) is 0 Å². The third-order valence-electron chi connectivity index (χ3n) is 3.80. The fourth-order valence-electron chi connectivity index (χ4n) is 2.67. The Morgan fingerprint density at radius 2 is 2.23 bits per heavy atom. The van der Waals surface area contributed by atoms with Crippen LogP contribution in [0.5, 0.6) is 0 Å². The van der Waals surface area contributed by atoms with Crippen molar-refractivity contribution >= 4 is 11.5 Å². The minimum absolute atomic E-state index is 0.242. The maximum Gasteiger partial charge on any atom is 0.155 e. The Kier molecular flexibility index (Phi) is 3.19. The molecule has 6 nitrogen and oxygen atoms in total. The molecule has 112 valence electrons. The molecular formula is C15H15FN6. The van der Waals surface area contributed by atoms with Crippen LogP contribution in [-0.4, -0.2) is 44.7 Å². The van der Waals surface area contributed by atoms with Gasteiger partial charge in [0.15, 0.2) is 5.65 Å². The van der Waals surface area contributed by atoms with E-state index in [1.165, 1.54) is 0 Å². The van der Waals surface area contributed by atoms with Crippen molar-refractivity contribution < 1.29 is 4.39 Å². The lowest BCUT2D eigenvalue weighted by Gasteiger charge is -2.15. The molecule has 4 rings (SSSR count). The van der Waals surface area contributed by atoms with Crippen molar-refractivity contribution in [3.8, 4) is 11.4 Å². The number of pyridine rings is 1. The Morgan fingerprint density at radius 1 is 1.27 bits per heavy atom. The average Bonchev–Trinajstić information content (AvgIpc) is 3.14. The molecule has 3 aromatic rings. The minimum Gasteiger partial charge on any atom is -0.363 e. The van der Waals surface area contributed by atoms with Gasteiger partial charge in [0.2, 0.25) is 0 Å². The molecule has 1 aliphatic rings. The highest BCUT2D eigenvalue weighted by Gasteiger charge is 2.26. The van der Waals surface area contributed by atoms with Crippen LogP contribution in [0, 0.1) is 0 Å². The number of imidazole rings is 1. The van der Waals surface area contributed by atoms with E-state index < -0.39 is 6.17 Å². The molecule has 0 bridgehead atoms. The number of halogens is 1. The van der Waals surface area contributed by atoms with Crippen LogP contribution in [0.4, 0.5) is 10.2 Å². The zero-order valence-electron chi connectivity index (χ0n) is 11.8. The fourth-order valence-corrected chi connectivity index (χ4v) is 2.67. The second-order valence-corrected chi connectivity index (χ2v) is 5.28. The van der Waals surface area contributed by atoms with Gasteiger partial charge in [-0.25, -0.2) is 14.4 Å². The molecule has 0 spiro atoms. The van der Waals surface area contributed by atoms with Gasteiger partial charge in [-0.05, 0) is 12.1 Å². The van der Waals surface area contributed by atoms with E-state index in [1.54, 1.807) is 18.6 Å². The number of nitrogens with one attached hydrogen (secondary N) is 2. The van der Waals surface area contributed by atoms with Crippen LogP contribution in [0.25, 0.3) is 17.0 Å². The Labute approximate surface area is 126 Å². The number of hydrogen-bond acceptors (Lipinski definition) is 5. The summed E-state index contributed by atoms with van der Waals surface area (Å²) in [7, 11) is 0. The van der Waals surface area contributed by atoms with Gasteiger partial charge in [-0.1, -0.05) is 6.07 Å². The van der Waals surface area contributed by atoms with E-state index in [0.717, 1.165) is 17.0 Å². The molecule has 2 unspecified atom stereocenters. The van der Waals surface area contributed by atoms with Gasteiger partial charge in [0.05, 0.1) is 29.8 Å². The summed E-state index contributed by atoms with van der Waals surface area (Å²) in [5, 5.41) is 6.17. The van der Waals surface area contributed by atoms with Gasteiger partial charge >= 0.3 is 0 Å². The second-order valence-electron chi connectivity index (χ2n) is 5.28. The molecule has 0 aromatic carbocycles. The molecule has 3 aromatic heterocycles. The molecule has 0 saturated carbocycles. The van der Waals surface area contributed by atoms with Crippen molar-refractivity contribution in [2.75, 3.05) is 18.4 Å². The van der Waals surface area contributed by atoms with E-state index in [0.29, 0.717) is 18.9 Å². The van der Waals surface area contributed by atoms with Crippen LogP contribution in [0.1, 0.15) is 0 Å². The van der Waals surface area contributed by atoms with Gasteiger partial charge in [-0.3, -0.25) is 9.38 Å². The number of aromatic nitrogens is 4. The molecule has 2 N–H and O–H groups in total. The molecule has 0 aliphatic carbocycles. The first-order valence-electron chi connectivity index (χ1n) is 7.17. The standard InChI is InChI=1S/C15H15FN6/c16-10-6-18-7-12(10)21-14-3-1-2-11(20-14)13-8-19-15-9-17-4-5-22(13)15/h1-5,8-10,12,18H,6-7H2,(H,20,21). The number of nitrogens with zero attached hydrogens (tertiary/aromatic N) is 4. The average molecular weight is 298 g/mol. The Hall–Kier alpha value is -2.54. The lowest BCUT2D eigenvalue weighted by Crippen LogP contribution is -2.29. The van der Waals surface area contributed by atoms with Gasteiger partial charge in [-0.15, -0.1) is 0 Å². The Morgan fingerprint density at radius 3 is 3.09 bits per heavy atom. The Balaban J connectivity index is 1.67. The van der Waals surface area contributed by atoms with Crippen molar-refractivity contribution in [3.63, 3.8) is 0 Å². The summed E-state index contributed by atoms with van der Waals surface area (Å²) in [6.45, 7) is 0.992. The number of rotatable bonds is 3. The second kappa shape index (κ2) is 5.34. The van der Waals surface area contributed by atoms with E-state index in [4.69, 9.17) is 0 Å². The summed E-state index contributed by atoms with van der Waals surface area (Å²) >= 11 is 0. The van der Waals surface area contributed by atoms with Crippen molar-refractivity contribution in [3.05, 3.63) is 43.0 Å². The first kappa shape index (κ1) is 13.1. The largest absolute Gasteiger partial charge is 0.363 e. The maximum atomic E-state index is 13.7. The molecule has 0 radical (unpaired) electrons. The van der Waals surface area contributed by atoms with E-state index in [1.807, 2.05) is 28.8 Å². The maximum absolute atomic E-state index is 13.7. The van der Waals surface area contributed by atoms with Crippen LogP contribution in [0.15, 0.2) is 43.0 Å². The number of alkyl halides is 1. The molecule has 7 heteroatoms. The van der Waals surface area contributed by atoms with E-state index >= 15 is 0 Å². The highest BCUT2D eigenvalue weighted by Crippen LogP contribution is 2.21. The summed E-state index contributed by atoms with van der Waals surface area (Å²) < 4.78 is 15.6. The first-order valence-corrected chi connectivity index (χ1v) is 7.17. The normalized spacial score (nSPS) is 21.3. The SMILES string of the molecule is FC1CNCC1Nc1cccc(-c2cnc3cnccn23)n1. The third-order valence-corrected chi connectivity index (χ3v) is 3.80. The molecule has 0 amide bonds. The summed E-state index contributed by atoms with van der Waals surface area (Å²) in [5.74, 6) is 0.665. The topological polar surface area (TPSA) is 67.1 Å². The highest BCUT2D eigenvalue weighted by molar-refractivity contribution is 5.61. The predicted molar refractivity (Wildman–Crippen MR) is 81.4 cm³/mol. The zero-order valence-corrected chi connectivity index (χ0v) is 11.8. The van der Waals surface area contributed by atoms with E-state index in [-0.39, 0.29) is 6.04 Å². The van der Waals surface area contributed by atoms with Crippen LogP contribution < -0.4 is 10.6 Å². The number of hydrogen-bond donors (Lipinski definition) is 2. The van der Waals surface area contributed by atoms with Crippen molar-refractivity contribution in [2.24, 2.45) is 0 Å². The molecule has 1 saturated heterocycles. The lowest BCUT2D eigenvalue weighted by molar-refractivity contribution is 0.342. The summed E-state index contributed by atoms with van der Waals surface area (Å²) in [4.78, 5) is 12.9. The van der Waals surface area contributed by atoms with Crippen molar-refractivity contribution in [2.45, 2.75) is 12.2 Å². The third kappa shape index (κ3) is 2.29. The summed E-state index contributed by atoms with van der Waals surface area (Å²) in [5.41, 5.74) is 2.42. The quantitative estimate of drug-likeness (QED) is 0.767. The number of fused-ring (bicyclic) bond motifs is 1. The van der Waals surface area contributed by atoms with Crippen LogP contribution >= 0.6 is 0 Å².